The van der Waals surface area contributed by atoms with Crippen LogP contribution in [0, 0.1) is 11.3 Å². The van der Waals surface area contributed by atoms with Crippen LogP contribution in [-0.4, -0.2) is 94.6 Å². The lowest BCUT2D eigenvalue weighted by Gasteiger charge is -2.48. The normalized spacial score (nSPS) is 26.6. The van der Waals surface area contributed by atoms with Gasteiger partial charge in [-0.1, -0.05) is 20.8 Å². The van der Waals surface area contributed by atoms with Crippen LogP contribution in [0.2, 0.25) is 0 Å². The van der Waals surface area contributed by atoms with E-state index in [-0.39, 0.29) is 35.1 Å². The number of imide groups is 1. The van der Waals surface area contributed by atoms with Gasteiger partial charge in [-0.15, -0.1) is 0 Å². The SMILES string of the molecule is CN(C)c1cc(CNCC(C)(C)C)c(O)c2c1C[C@H]1C[C@H]3[C@H](N(C)C)C(O)=C(C(N)=O)C(=O)[N+]3(O)C(=O)C1=C2O. The monoisotopic (exact) mass is 558 g/mol. The van der Waals surface area contributed by atoms with Gasteiger partial charge in [0, 0.05) is 50.8 Å². The molecular formula is C28H40N5O7+. The Bertz CT molecular complexity index is 1360. The Morgan fingerprint density at radius 1 is 1.12 bits per heavy atom. The molecule has 1 saturated heterocycles. The van der Waals surface area contributed by atoms with E-state index in [0.29, 0.717) is 24.2 Å². The number of likely N-dealkylation sites (N-methyl/N-ethyl adjacent to an activating group) is 1. The van der Waals surface area contributed by atoms with Gasteiger partial charge in [-0.3, -0.25) is 9.69 Å². The largest absolute Gasteiger partial charge is 0.509 e. The fourth-order valence-corrected chi connectivity index (χ4v) is 6.26. The number of primary amides is 1. The Hall–Kier alpha value is -3.45. The highest BCUT2D eigenvalue weighted by atomic mass is 16.6. The number of amides is 3. The Balaban J connectivity index is 1.90. The number of nitrogens with two attached hydrogens (primary N) is 1. The Kier molecular flexibility index (Phi) is 7.29. The average molecular weight is 559 g/mol. The van der Waals surface area contributed by atoms with Crippen molar-refractivity contribution in [1.29, 1.82) is 0 Å². The smallest absolute Gasteiger partial charge is 0.395 e. The maximum absolute atomic E-state index is 14.0. The number of carbonyl (C=O) groups is 3. The first-order valence-electron chi connectivity index (χ1n) is 13.2. The standard InChI is InChI=1S/C28H39N5O7/c1-28(2,3)12-30-11-14-9-16(31(4)5)15-8-13-10-17-21(32(6)7)24(36)20(25(29)37)27(39)33(17,40)26(38)18(13)23(35)19(15)22(14)34/h9,13,17,21,30,40H,8,10-12H2,1-7H3,(H4-,29,34,35,36,37,38,39)/p+1/t13-,17-,21-,33?/m0/s1. The number of aliphatic hydroxyl groups is 2. The number of nitrogens with one attached hydrogen (secondary N) is 1. The number of phenols is 1. The molecule has 7 N–H and O–H groups in total. The molecule has 3 amide bonds. The number of hydrogen-bond acceptors (Lipinski definition) is 10. The van der Waals surface area contributed by atoms with Gasteiger partial charge < -0.3 is 31.3 Å². The molecule has 1 aromatic carbocycles. The molecule has 0 spiro atoms. The first-order valence-corrected chi connectivity index (χ1v) is 13.2. The summed E-state index contributed by atoms with van der Waals surface area (Å²) in [5.74, 6) is -5.69. The van der Waals surface area contributed by atoms with Gasteiger partial charge in [0.15, 0.2) is 11.6 Å². The summed E-state index contributed by atoms with van der Waals surface area (Å²) in [5.41, 5.74) is 6.26. The second-order valence-electron chi connectivity index (χ2n) is 12.6. The van der Waals surface area contributed by atoms with E-state index < -0.39 is 57.5 Å². The van der Waals surface area contributed by atoms with Gasteiger partial charge in [-0.2, -0.15) is 0 Å². The number of phenolic OH excluding ortho intramolecular Hbond substituents is 1. The van der Waals surface area contributed by atoms with Gasteiger partial charge in [-0.05, 0) is 42.2 Å². The molecule has 40 heavy (non-hydrogen) atoms. The lowest BCUT2D eigenvalue weighted by molar-refractivity contribution is -0.997. The molecule has 4 atom stereocenters. The second kappa shape index (κ2) is 9.88. The van der Waals surface area contributed by atoms with Crippen LogP contribution in [0.1, 0.15) is 43.9 Å². The molecule has 2 aliphatic heterocycles. The molecule has 0 aromatic heterocycles. The molecule has 12 nitrogen and oxygen atoms in total. The van der Waals surface area contributed by atoms with Crippen molar-refractivity contribution >= 4 is 29.2 Å². The Morgan fingerprint density at radius 2 is 1.75 bits per heavy atom. The van der Waals surface area contributed by atoms with E-state index in [4.69, 9.17) is 5.73 Å². The molecule has 0 radical (unpaired) electrons. The van der Waals surface area contributed by atoms with Crippen molar-refractivity contribution in [3.63, 3.8) is 0 Å². The highest BCUT2D eigenvalue weighted by Gasteiger charge is 2.67. The number of piperidine rings is 1. The molecule has 218 valence electrons. The van der Waals surface area contributed by atoms with Crippen LogP contribution >= 0.6 is 0 Å². The molecule has 1 unspecified atom stereocenters. The number of hydroxylamine groups is 3. The van der Waals surface area contributed by atoms with E-state index in [1.807, 2.05) is 25.1 Å². The third-order valence-corrected chi connectivity index (χ3v) is 8.04. The molecule has 3 aliphatic rings. The lowest BCUT2D eigenvalue weighted by atomic mass is 9.71. The zero-order valence-corrected chi connectivity index (χ0v) is 24.1. The van der Waals surface area contributed by atoms with Crippen LogP contribution in [0.3, 0.4) is 0 Å². The van der Waals surface area contributed by atoms with Crippen LogP contribution in [-0.2, 0) is 27.3 Å². The number of carbonyl (C=O) groups excluding carboxylic acids is 3. The van der Waals surface area contributed by atoms with Gasteiger partial charge in [0.25, 0.3) is 5.91 Å². The summed E-state index contributed by atoms with van der Waals surface area (Å²) in [5, 5.41) is 48.7. The summed E-state index contributed by atoms with van der Waals surface area (Å²) in [6.07, 6.45) is 0.253. The minimum atomic E-state index is -1.84. The van der Waals surface area contributed by atoms with Crippen molar-refractivity contribution in [3.8, 4) is 5.75 Å². The van der Waals surface area contributed by atoms with E-state index in [1.54, 1.807) is 14.1 Å². The van der Waals surface area contributed by atoms with E-state index in [9.17, 15) is 34.9 Å². The zero-order chi connectivity index (χ0) is 30.1. The topological polar surface area (TPSA) is 177 Å². The third kappa shape index (κ3) is 4.44. The zero-order valence-electron chi connectivity index (χ0n) is 24.1. The van der Waals surface area contributed by atoms with Crippen molar-refractivity contribution in [1.82, 2.24) is 10.2 Å². The van der Waals surface area contributed by atoms with E-state index in [1.165, 1.54) is 4.90 Å². The number of anilines is 1. The van der Waals surface area contributed by atoms with Gasteiger partial charge in [0.1, 0.15) is 28.9 Å². The molecule has 2 heterocycles. The summed E-state index contributed by atoms with van der Waals surface area (Å²) in [7, 11) is 6.85. The van der Waals surface area contributed by atoms with Crippen molar-refractivity contribution in [2.45, 2.75) is 52.2 Å². The van der Waals surface area contributed by atoms with E-state index in [0.717, 1.165) is 5.69 Å². The Labute approximate surface area is 233 Å². The maximum Gasteiger partial charge on any atom is 0.395 e. The molecular weight excluding hydrogens is 518 g/mol. The fourth-order valence-electron chi connectivity index (χ4n) is 6.26. The summed E-state index contributed by atoms with van der Waals surface area (Å²) in [6, 6.07) is -0.393. The molecule has 1 aromatic rings. The first-order chi connectivity index (χ1) is 18.4. The maximum atomic E-state index is 14.0. The molecule has 1 aliphatic carbocycles. The number of quaternary nitrogens is 1. The van der Waals surface area contributed by atoms with Gasteiger partial charge in [-0.25, -0.2) is 14.8 Å². The minimum Gasteiger partial charge on any atom is -0.509 e. The van der Waals surface area contributed by atoms with Crippen molar-refractivity contribution in [3.05, 3.63) is 39.7 Å². The molecule has 1 fully saturated rings. The van der Waals surface area contributed by atoms with Crippen LogP contribution in [0.15, 0.2) is 23.0 Å². The van der Waals surface area contributed by atoms with Crippen molar-refractivity contribution < 1.29 is 39.6 Å². The van der Waals surface area contributed by atoms with Crippen molar-refractivity contribution in [2.75, 3.05) is 39.6 Å². The highest BCUT2D eigenvalue weighted by Crippen LogP contribution is 2.51. The fraction of sp³-hybridized carbons (Fsp3) is 0.536. The van der Waals surface area contributed by atoms with Gasteiger partial charge >= 0.3 is 11.8 Å². The van der Waals surface area contributed by atoms with Crippen LogP contribution < -0.4 is 16.0 Å². The van der Waals surface area contributed by atoms with Crippen LogP contribution in [0.5, 0.6) is 5.75 Å². The molecule has 12 heteroatoms. The molecule has 0 saturated carbocycles. The highest BCUT2D eigenvalue weighted by molar-refractivity contribution is 6.19. The number of aromatic hydroxyl groups is 1. The third-order valence-electron chi connectivity index (χ3n) is 8.04. The summed E-state index contributed by atoms with van der Waals surface area (Å²) in [4.78, 5) is 42.9. The summed E-state index contributed by atoms with van der Waals surface area (Å²) in [6.45, 7) is 7.19. The number of hydrogen-bond donors (Lipinski definition) is 6. The summed E-state index contributed by atoms with van der Waals surface area (Å²) >= 11 is 0. The first kappa shape index (κ1) is 29.5. The van der Waals surface area contributed by atoms with Crippen LogP contribution in [0.25, 0.3) is 5.76 Å². The molecule has 0 bridgehead atoms. The quantitative estimate of drug-likeness (QED) is 0.129. The predicted molar refractivity (Wildman–Crippen MR) is 147 cm³/mol. The lowest BCUT2D eigenvalue weighted by Crippen LogP contribution is -2.73. The van der Waals surface area contributed by atoms with Crippen LogP contribution in [0.4, 0.5) is 5.69 Å². The summed E-state index contributed by atoms with van der Waals surface area (Å²) < 4.78 is -1.84. The average Bonchev–Trinajstić information content (AvgIpc) is 2.81. The van der Waals surface area contributed by atoms with Gasteiger partial charge in [0.05, 0.1) is 5.56 Å². The van der Waals surface area contributed by atoms with Gasteiger partial charge in [0.2, 0.25) is 0 Å². The van der Waals surface area contributed by atoms with E-state index in [2.05, 4.69) is 26.1 Å². The van der Waals surface area contributed by atoms with E-state index >= 15 is 0 Å². The number of benzene rings is 1. The predicted octanol–water partition coefficient (Wildman–Crippen LogP) is 1.31. The van der Waals surface area contributed by atoms with Crippen molar-refractivity contribution in [2.24, 2.45) is 17.1 Å². The number of nitrogens with zero attached hydrogens (tertiary/aromatic N) is 3. The number of fused-ring (bicyclic) bond motifs is 3. The second-order valence-corrected chi connectivity index (χ2v) is 12.6. The minimum absolute atomic E-state index is 0.00639. The Morgan fingerprint density at radius 3 is 2.27 bits per heavy atom. The number of aliphatic hydroxyl groups excluding tert-OH is 2. The molecule has 4 rings (SSSR count). The number of rotatable bonds is 6.